The number of furan rings is 1. The van der Waals surface area contributed by atoms with Crippen molar-refractivity contribution >= 4 is 5.97 Å². The third-order valence-corrected chi connectivity index (χ3v) is 2.80. The average Bonchev–Trinajstić information content (AvgIpc) is 2.93. The molecule has 1 aliphatic rings. The molecule has 2 atom stereocenters. The van der Waals surface area contributed by atoms with Crippen molar-refractivity contribution in [2.24, 2.45) is 0 Å². The number of nitrogens with zero attached hydrogens (tertiary/aromatic N) is 1. The first-order valence-corrected chi connectivity index (χ1v) is 5.32. The summed E-state index contributed by atoms with van der Waals surface area (Å²) in [6.07, 6.45) is -0.126. The minimum absolute atomic E-state index is 0.139. The smallest absolute Gasteiger partial charge is 0.337 e. The van der Waals surface area contributed by atoms with Gasteiger partial charge in [0.25, 0.3) is 0 Å². The summed E-state index contributed by atoms with van der Waals surface area (Å²) >= 11 is 0. The summed E-state index contributed by atoms with van der Waals surface area (Å²) in [7, 11) is 3.06. The lowest BCUT2D eigenvalue weighted by Gasteiger charge is -2.14. The Morgan fingerprint density at radius 3 is 3.00 bits per heavy atom. The van der Waals surface area contributed by atoms with E-state index in [9.17, 15) is 4.79 Å². The van der Waals surface area contributed by atoms with Crippen molar-refractivity contribution in [3.8, 4) is 0 Å². The van der Waals surface area contributed by atoms with Crippen LogP contribution in [-0.2, 0) is 21.0 Å². The van der Waals surface area contributed by atoms with Gasteiger partial charge in [-0.15, -0.1) is 0 Å². The Morgan fingerprint density at radius 1 is 1.65 bits per heavy atom. The predicted octanol–water partition coefficient (Wildman–Crippen LogP) is 0.622. The highest BCUT2D eigenvalue weighted by molar-refractivity contribution is 5.74. The Hall–Kier alpha value is -1.37. The van der Waals surface area contributed by atoms with Crippen LogP contribution in [-0.4, -0.2) is 36.4 Å². The molecular weight excluding hydrogens is 226 g/mol. The van der Waals surface area contributed by atoms with Gasteiger partial charge in [0.15, 0.2) is 6.10 Å². The highest BCUT2D eigenvalue weighted by atomic mass is 16.7. The first-order chi connectivity index (χ1) is 8.15. The van der Waals surface area contributed by atoms with Gasteiger partial charge < -0.3 is 14.3 Å². The number of carbonyl (C=O) groups excluding carboxylic acids is 1. The summed E-state index contributed by atoms with van der Waals surface area (Å²) in [4.78, 5) is 16.7. The molecule has 0 saturated carbocycles. The average molecular weight is 241 g/mol. The number of methoxy groups -OCH3 is 1. The van der Waals surface area contributed by atoms with E-state index in [4.69, 9.17) is 14.4 Å². The van der Waals surface area contributed by atoms with Crippen molar-refractivity contribution in [3.05, 3.63) is 23.7 Å². The molecule has 2 heterocycles. The second-order valence-electron chi connectivity index (χ2n) is 3.88. The second kappa shape index (κ2) is 4.87. The van der Waals surface area contributed by atoms with Crippen LogP contribution in [0.4, 0.5) is 0 Å². The van der Waals surface area contributed by atoms with E-state index in [1.54, 1.807) is 24.2 Å². The maximum absolute atomic E-state index is 11.4. The molecule has 0 bridgehead atoms. The van der Waals surface area contributed by atoms with Crippen molar-refractivity contribution < 1.29 is 23.9 Å². The van der Waals surface area contributed by atoms with E-state index < -0.39 is 12.1 Å². The molecule has 0 aromatic carbocycles. The fourth-order valence-corrected chi connectivity index (χ4v) is 1.89. The van der Waals surface area contributed by atoms with Crippen molar-refractivity contribution in [2.45, 2.75) is 25.2 Å². The van der Waals surface area contributed by atoms with Crippen molar-refractivity contribution in [2.75, 3.05) is 14.2 Å². The Balaban J connectivity index is 2.09. The number of rotatable bonds is 3. The van der Waals surface area contributed by atoms with Gasteiger partial charge in [-0.1, -0.05) is 0 Å². The molecule has 6 heteroatoms. The Morgan fingerprint density at radius 2 is 2.41 bits per heavy atom. The molecule has 6 nitrogen and oxygen atoms in total. The summed E-state index contributed by atoms with van der Waals surface area (Å²) in [6.45, 7) is -0.141. The standard InChI is InChI=1S/C11H15NO5/c1-12-8(5-10(17-12)11(14)15-2)9-4-3-7(6-13)16-9/h3-4,8,10,13H,5-6H2,1-2H3. The third kappa shape index (κ3) is 2.33. The molecule has 0 radical (unpaired) electrons. The van der Waals surface area contributed by atoms with Crippen LogP contribution >= 0.6 is 0 Å². The molecule has 1 saturated heterocycles. The van der Waals surface area contributed by atoms with Crippen LogP contribution in [0.1, 0.15) is 24.0 Å². The predicted molar refractivity (Wildman–Crippen MR) is 56.6 cm³/mol. The van der Waals surface area contributed by atoms with Crippen molar-refractivity contribution in [1.29, 1.82) is 0 Å². The summed E-state index contributed by atoms with van der Waals surface area (Å²) in [5.41, 5.74) is 0. The van der Waals surface area contributed by atoms with Crippen LogP contribution in [0, 0.1) is 0 Å². The van der Waals surface area contributed by atoms with Gasteiger partial charge in [-0.05, 0) is 12.1 Å². The topological polar surface area (TPSA) is 72.1 Å². The Kier molecular flexibility index (Phi) is 3.46. The van der Waals surface area contributed by atoms with E-state index in [0.29, 0.717) is 17.9 Å². The number of aliphatic hydroxyl groups is 1. The van der Waals surface area contributed by atoms with Gasteiger partial charge in [-0.2, -0.15) is 5.06 Å². The molecule has 94 valence electrons. The Labute approximate surface area is 98.7 Å². The summed E-state index contributed by atoms with van der Waals surface area (Å²) in [5.74, 6) is 0.770. The molecule has 1 aliphatic heterocycles. The van der Waals surface area contributed by atoms with Crippen LogP contribution in [0.2, 0.25) is 0 Å². The molecule has 1 aromatic rings. The van der Waals surface area contributed by atoms with Crippen LogP contribution < -0.4 is 0 Å². The zero-order chi connectivity index (χ0) is 12.4. The molecular formula is C11H15NO5. The minimum atomic E-state index is -0.599. The van der Waals surface area contributed by atoms with E-state index >= 15 is 0 Å². The van der Waals surface area contributed by atoms with E-state index in [0.717, 1.165) is 0 Å². The van der Waals surface area contributed by atoms with Crippen molar-refractivity contribution in [3.63, 3.8) is 0 Å². The molecule has 1 aromatic heterocycles. The van der Waals surface area contributed by atoms with Crippen LogP contribution in [0.3, 0.4) is 0 Å². The molecule has 0 spiro atoms. The fourth-order valence-electron chi connectivity index (χ4n) is 1.89. The number of ether oxygens (including phenoxy) is 1. The SMILES string of the molecule is COC(=O)C1CC(c2ccc(CO)o2)N(C)O1. The van der Waals surface area contributed by atoms with Gasteiger partial charge >= 0.3 is 5.97 Å². The van der Waals surface area contributed by atoms with Crippen molar-refractivity contribution in [1.82, 2.24) is 5.06 Å². The van der Waals surface area contributed by atoms with Crippen LogP contribution in [0.15, 0.2) is 16.5 Å². The molecule has 2 unspecified atom stereocenters. The number of hydrogen-bond acceptors (Lipinski definition) is 6. The highest BCUT2D eigenvalue weighted by Crippen LogP contribution is 2.34. The molecule has 0 amide bonds. The van der Waals surface area contributed by atoms with Crippen LogP contribution in [0.5, 0.6) is 0 Å². The minimum Gasteiger partial charge on any atom is -0.467 e. The van der Waals surface area contributed by atoms with Gasteiger partial charge in [-0.3, -0.25) is 4.84 Å². The lowest BCUT2D eigenvalue weighted by Crippen LogP contribution is -2.23. The van der Waals surface area contributed by atoms with E-state index in [2.05, 4.69) is 4.74 Å². The summed E-state index contributed by atoms with van der Waals surface area (Å²) in [6, 6.07) is 3.34. The number of carbonyl (C=O) groups is 1. The molecule has 1 N–H and O–H groups in total. The molecule has 1 fully saturated rings. The maximum atomic E-state index is 11.4. The first kappa shape index (κ1) is 12.1. The van der Waals surface area contributed by atoms with Gasteiger partial charge in [0.05, 0.1) is 13.2 Å². The van der Waals surface area contributed by atoms with E-state index in [1.165, 1.54) is 7.11 Å². The zero-order valence-corrected chi connectivity index (χ0v) is 9.75. The number of hydroxylamine groups is 2. The lowest BCUT2D eigenvalue weighted by molar-refractivity contribution is -0.180. The van der Waals surface area contributed by atoms with Crippen LogP contribution in [0.25, 0.3) is 0 Å². The van der Waals surface area contributed by atoms with E-state index in [1.807, 2.05) is 0 Å². The first-order valence-electron chi connectivity index (χ1n) is 5.32. The van der Waals surface area contributed by atoms with Gasteiger partial charge in [-0.25, -0.2) is 4.79 Å². The van der Waals surface area contributed by atoms with E-state index in [-0.39, 0.29) is 12.6 Å². The number of esters is 1. The Bertz CT molecular complexity index is 402. The highest BCUT2D eigenvalue weighted by Gasteiger charge is 2.38. The maximum Gasteiger partial charge on any atom is 0.337 e. The summed E-state index contributed by atoms with van der Waals surface area (Å²) in [5, 5.41) is 10.5. The normalized spacial score (nSPS) is 25.1. The van der Waals surface area contributed by atoms with Gasteiger partial charge in [0, 0.05) is 13.5 Å². The second-order valence-corrected chi connectivity index (χ2v) is 3.88. The lowest BCUT2D eigenvalue weighted by atomic mass is 10.1. The summed E-state index contributed by atoms with van der Waals surface area (Å²) < 4.78 is 10.1. The number of hydrogen-bond donors (Lipinski definition) is 1. The zero-order valence-electron chi connectivity index (χ0n) is 9.75. The number of aliphatic hydroxyl groups excluding tert-OH is 1. The van der Waals surface area contributed by atoms with Gasteiger partial charge in [0.1, 0.15) is 18.1 Å². The quantitative estimate of drug-likeness (QED) is 0.782. The molecule has 0 aliphatic carbocycles. The fraction of sp³-hybridized carbons (Fsp3) is 0.545. The monoisotopic (exact) mass is 241 g/mol. The molecule has 17 heavy (non-hydrogen) atoms. The van der Waals surface area contributed by atoms with Gasteiger partial charge in [0.2, 0.25) is 0 Å². The largest absolute Gasteiger partial charge is 0.467 e. The molecule has 2 rings (SSSR count). The third-order valence-electron chi connectivity index (χ3n) is 2.80.